The van der Waals surface area contributed by atoms with Crippen molar-refractivity contribution in [2.75, 3.05) is 27.2 Å². The van der Waals surface area contributed by atoms with Crippen LogP contribution in [0.4, 0.5) is 0 Å². The standard InChI is InChI=1S/C11H17NO2/c1-12-6-3-10(4-7-13)11(9-12)5-8-14-2/h4-5,7-8,13H,3,6,9H2,1-2H3/b7-4+,8-5+. The first kappa shape index (κ1) is 10.9. The van der Waals surface area contributed by atoms with Crippen LogP contribution in [0.3, 0.4) is 0 Å². The second-order valence-electron chi connectivity index (χ2n) is 3.39. The zero-order valence-corrected chi connectivity index (χ0v) is 8.73. The van der Waals surface area contributed by atoms with E-state index in [0.717, 1.165) is 25.8 Å². The molecule has 0 saturated heterocycles. The van der Waals surface area contributed by atoms with Crippen molar-refractivity contribution in [3.05, 3.63) is 35.8 Å². The Morgan fingerprint density at radius 3 is 2.79 bits per heavy atom. The summed E-state index contributed by atoms with van der Waals surface area (Å²) in [5.41, 5.74) is 2.38. The average Bonchev–Trinajstić information content (AvgIpc) is 2.18. The van der Waals surface area contributed by atoms with E-state index in [4.69, 9.17) is 9.84 Å². The van der Waals surface area contributed by atoms with Crippen LogP contribution in [-0.4, -0.2) is 37.3 Å². The first-order valence-electron chi connectivity index (χ1n) is 4.68. The van der Waals surface area contributed by atoms with Gasteiger partial charge in [0.1, 0.15) is 0 Å². The van der Waals surface area contributed by atoms with Crippen molar-refractivity contribution in [3.8, 4) is 0 Å². The molecule has 3 heteroatoms. The molecule has 0 aromatic heterocycles. The lowest BCUT2D eigenvalue weighted by atomic mass is 10.0. The van der Waals surface area contributed by atoms with E-state index in [1.807, 2.05) is 6.08 Å². The highest BCUT2D eigenvalue weighted by molar-refractivity contribution is 5.35. The van der Waals surface area contributed by atoms with E-state index >= 15 is 0 Å². The number of allylic oxidation sites excluding steroid dienone is 1. The van der Waals surface area contributed by atoms with Crippen LogP contribution in [-0.2, 0) is 4.74 Å². The molecular formula is C11H17NO2. The second kappa shape index (κ2) is 5.50. The van der Waals surface area contributed by atoms with Crippen LogP contribution in [0, 0.1) is 0 Å². The molecule has 0 fully saturated rings. The van der Waals surface area contributed by atoms with E-state index in [1.165, 1.54) is 11.1 Å². The maximum Gasteiger partial charge on any atom is 0.0827 e. The molecule has 0 aliphatic carbocycles. The summed E-state index contributed by atoms with van der Waals surface area (Å²) in [5, 5.41) is 8.74. The van der Waals surface area contributed by atoms with E-state index in [1.54, 1.807) is 19.4 Å². The van der Waals surface area contributed by atoms with Crippen LogP contribution in [0.1, 0.15) is 6.42 Å². The first-order valence-corrected chi connectivity index (χ1v) is 4.68. The lowest BCUT2D eigenvalue weighted by Gasteiger charge is -2.24. The Labute approximate surface area is 85.0 Å². The van der Waals surface area contributed by atoms with Gasteiger partial charge >= 0.3 is 0 Å². The van der Waals surface area contributed by atoms with Gasteiger partial charge in [0, 0.05) is 13.1 Å². The van der Waals surface area contributed by atoms with Gasteiger partial charge in [0.05, 0.1) is 19.6 Å². The molecule has 0 aromatic carbocycles. The van der Waals surface area contributed by atoms with Crippen LogP contribution >= 0.6 is 0 Å². The normalized spacial score (nSPS) is 19.9. The Kier molecular flexibility index (Phi) is 4.26. The summed E-state index contributed by atoms with van der Waals surface area (Å²) in [6.07, 6.45) is 7.44. The van der Waals surface area contributed by atoms with E-state index in [2.05, 4.69) is 11.9 Å². The molecule has 1 N–H and O–H groups in total. The number of aliphatic hydroxyl groups excluding tert-OH is 1. The molecule has 3 nitrogen and oxygen atoms in total. The Hall–Kier alpha value is -1.22. The minimum absolute atomic E-state index is 0.902. The van der Waals surface area contributed by atoms with E-state index < -0.39 is 0 Å². The topological polar surface area (TPSA) is 32.7 Å². The third kappa shape index (κ3) is 2.92. The minimum atomic E-state index is 0.902. The molecule has 0 amide bonds. The fourth-order valence-corrected chi connectivity index (χ4v) is 1.53. The fraction of sp³-hybridized carbons (Fsp3) is 0.455. The maximum absolute atomic E-state index is 8.74. The molecule has 0 spiro atoms. The number of aliphatic hydroxyl groups is 1. The predicted octanol–water partition coefficient (Wildman–Crippen LogP) is 1.85. The lowest BCUT2D eigenvalue weighted by molar-refractivity contribution is 0.333. The Morgan fingerprint density at radius 1 is 1.36 bits per heavy atom. The summed E-state index contributed by atoms with van der Waals surface area (Å²) in [5.74, 6) is 0. The Bertz CT molecular complexity index is 266. The summed E-state index contributed by atoms with van der Waals surface area (Å²) >= 11 is 0. The van der Waals surface area contributed by atoms with E-state index in [-0.39, 0.29) is 0 Å². The third-order valence-corrected chi connectivity index (χ3v) is 2.30. The Balaban J connectivity index is 2.82. The summed E-state index contributed by atoms with van der Waals surface area (Å²) in [6.45, 7) is 1.93. The fourth-order valence-electron chi connectivity index (χ4n) is 1.53. The number of rotatable bonds is 3. The minimum Gasteiger partial charge on any atom is -0.516 e. The smallest absolute Gasteiger partial charge is 0.0827 e. The van der Waals surface area contributed by atoms with Gasteiger partial charge in [-0.15, -0.1) is 0 Å². The quantitative estimate of drug-likeness (QED) is 0.698. The maximum atomic E-state index is 8.74. The summed E-state index contributed by atoms with van der Waals surface area (Å²) in [6, 6.07) is 0. The summed E-state index contributed by atoms with van der Waals surface area (Å²) < 4.78 is 4.89. The van der Waals surface area contributed by atoms with Crippen molar-refractivity contribution < 1.29 is 9.84 Å². The van der Waals surface area contributed by atoms with Gasteiger partial charge in [0.15, 0.2) is 0 Å². The van der Waals surface area contributed by atoms with Crippen molar-refractivity contribution in [2.24, 2.45) is 0 Å². The molecule has 1 rings (SSSR count). The summed E-state index contributed by atoms with van der Waals surface area (Å²) in [7, 11) is 3.71. The number of methoxy groups -OCH3 is 1. The molecule has 78 valence electrons. The van der Waals surface area contributed by atoms with Crippen molar-refractivity contribution in [1.29, 1.82) is 0 Å². The van der Waals surface area contributed by atoms with Gasteiger partial charge in [0.2, 0.25) is 0 Å². The number of ether oxygens (including phenoxy) is 1. The van der Waals surface area contributed by atoms with Crippen molar-refractivity contribution in [3.63, 3.8) is 0 Å². The van der Waals surface area contributed by atoms with E-state index in [9.17, 15) is 0 Å². The third-order valence-electron chi connectivity index (χ3n) is 2.30. The molecule has 0 atom stereocenters. The molecule has 1 aliphatic heterocycles. The summed E-state index contributed by atoms with van der Waals surface area (Å²) in [4.78, 5) is 2.24. The second-order valence-corrected chi connectivity index (χ2v) is 3.39. The van der Waals surface area contributed by atoms with Crippen LogP contribution < -0.4 is 0 Å². The average molecular weight is 195 g/mol. The highest BCUT2D eigenvalue weighted by Crippen LogP contribution is 2.18. The molecule has 14 heavy (non-hydrogen) atoms. The van der Waals surface area contributed by atoms with Gasteiger partial charge in [-0.1, -0.05) is 0 Å². The van der Waals surface area contributed by atoms with Crippen LogP contribution in [0.25, 0.3) is 0 Å². The SMILES string of the molecule is CO/C=C/C1=C(/C=C/O)CCN(C)C1. The zero-order chi connectivity index (χ0) is 10.4. The van der Waals surface area contributed by atoms with Gasteiger partial charge in [-0.05, 0) is 36.8 Å². The van der Waals surface area contributed by atoms with Gasteiger partial charge in [-0.2, -0.15) is 0 Å². The van der Waals surface area contributed by atoms with E-state index in [0.29, 0.717) is 0 Å². The van der Waals surface area contributed by atoms with Crippen molar-refractivity contribution in [2.45, 2.75) is 6.42 Å². The van der Waals surface area contributed by atoms with Crippen LogP contribution in [0.15, 0.2) is 35.8 Å². The number of likely N-dealkylation sites (N-methyl/N-ethyl adjacent to an activating group) is 1. The van der Waals surface area contributed by atoms with Crippen LogP contribution in [0.5, 0.6) is 0 Å². The van der Waals surface area contributed by atoms with Gasteiger partial charge < -0.3 is 14.7 Å². The van der Waals surface area contributed by atoms with Crippen molar-refractivity contribution in [1.82, 2.24) is 4.90 Å². The molecule has 0 aromatic rings. The molecule has 0 saturated carbocycles. The molecule has 1 aliphatic rings. The number of hydrogen-bond acceptors (Lipinski definition) is 3. The molecule has 0 radical (unpaired) electrons. The van der Waals surface area contributed by atoms with Crippen LogP contribution in [0.2, 0.25) is 0 Å². The Morgan fingerprint density at radius 2 is 2.14 bits per heavy atom. The number of hydrogen-bond donors (Lipinski definition) is 1. The molecule has 0 bridgehead atoms. The molecular weight excluding hydrogens is 178 g/mol. The highest BCUT2D eigenvalue weighted by atomic mass is 16.5. The van der Waals surface area contributed by atoms with Crippen molar-refractivity contribution >= 4 is 0 Å². The van der Waals surface area contributed by atoms with Gasteiger partial charge in [0.25, 0.3) is 0 Å². The number of nitrogens with zero attached hydrogens (tertiary/aromatic N) is 1. The lowest BCUT2D eigenvalue weighted by Crippen LogP contribution is -2.27. The van der Waals surface area contributed by atoms with Gasteiger partial charge in [-0.3, -0.25) is 0 Å². The first-order chi connectivity index (χ1) is 6.77. The molecule has 0 unspecified atom stereocenters. The highest BCUT2D eigenvalue weighted by Gasteiger charge is 2.12. The predicted molar refractivity (Wildman–Crippen MR) is 57.1 cm³/mol. The monoisotopic (exact) mass is 195 g/mol. The molecule has 1 heterocycles. The largest absolute Gasteiger partial charge is 0.516 e. The van der Waals surface area contributed by atoms with Gasteiger partial charge in [-0.25, -0.2) is 0 Å². The zero-order valence-electron chi connectivity index (χ0n) is 8.73.